The van der Waals surface area contributed by atoms with Crippen LogP contribution in [0.5, 0.6) is 0 Å². The van der Waals surface area contributed by atoms with E-state index in [-0.39, 0.29) is 0 Å². The Hall–Kier alpha value is -0.450. The van der Waals surface area contributed by atoms with E-state index in [2.05, 4.69) is 4.74 Å². The van der Waals surface area contributed by atoms with Crippen LogP contribution in [0.3, 0.4) is 0 Å². The van der Waals surface area contributed by atoms with E-state index < -0.39 is 21.8 Å². The van der Waals surface area contributed by atoms with Gasteiger partial charge in [-0.1, -0.05) is 34.8 Å². The minimum Gasteiger partial charge on any atom is -0.471 e. The predicted octanol–water partition coefficient (Wildman–Crippen LogP) is 2.47. The van der Waals surface area contributed by atoms with Crippen LogP contribution >= 0.6 is 34.8 Å². The van der Waals surface area contributed by atoms with Crippen molar-refractivity contribution in [3.8, 4) is 0 Å². The van der Waals surface area contributed by atoms with E-state index in [1.54, 1.807) is 6.92 Å². The third-order valence-corrected chi connectivity index (χ3v) is 1.78. The first kappa shape index (κ1) is 14.6. The molecule has 0 aromatic carbocycles. The molecule has 0 radical (unpaired) electrons. The smallest absolute Gasteiger partial charge is 0.330 e. The summed E-state index contributed by atoms with van der Waals surface area (Å²) in [5, 5.41) is 7.23. The molecule has 0 rings (SSSR count). The Kier molecular flexibility index (Phi) is 6.02. The number of esters is 1. The maximum atomic E-state index is 10.7. The number of methoxy groups -OCH3 is 1. The molecule has 0 aromatic heterocycles. The van der Waals surface area contributed by atoms with Crippen molar-refractivity contribution in [1.29, 1.82) is 5.41 Å². The van der Waals surface area contributed by atoms with Crippen LogP contribution in [0.2, 0.25) is 0 Å². The molecule has 0 fully saturated rings. The molecule has 0 aliphatic heterocycles. The van der Waals surface area contributed by atoms with Crippen molar-refractivity contribution in [3.63, 3.8) is 0 Å². The summed E-state index contributed by atoms with van der Waals surface area (Å²) in [5.41, 5.74) is 0. The van der Waals surface area contributed by atoms with Gasteiger partial charge in [-0.2, -0.15) is 0 Å². The van der Waals surface area contributed by atoms with Gasteiger partial charge in [0.1, 0.15) is 6.10 Å². The zero-order valence-electron chi connectivity index (χ0n) is 8.09. The van der Waals surface area contributed by atoms with E-state index in [1.807, 2.05) is 0 Å². The lowest BCUT2D eigenvalue weighted by Crippen LogP contribution is -2.24. The minimum atomic E-state index is -1.90. The predicted molar refractivity (Wildman–Crippen MR) is 59.7 cm³/mol. The molecule has 1 N–H and O–H groups in total. The molecule has 0 aliphatic carbocycles. The van der Waals surface area contributed by atoms with Gasteiger partial charge in [0.25, 0.3) is 3.79 Å². The third-order valence-electron chi connectivity index (χ3n) is 1.27. The number of carbonyl (C=O) groups is 1. The summed E-state index contributed by atoms with van der Waals surface area (Å²) in [5.74, 6) is -1.03. The van der Waals surface area contributed by atoms with Crippen LogP contribution in [0, 0.1) is 5.41 Å². The number of halogens is 3. The van der Waals surface area contributed by atoms with Crippen LogP contribution in [0.4, 0.5) is 0 Å². The van der Waals surface area contributed by atoms with E-state index in [4.69, 9.17) is 44.9 Å². The minimum absolute atomic E-state index is 0.505. The van der Waals surface area contributed by atoms with Gasteiger partial charge >= 0.3 is 5.97 Å². The standard InChI is InChI=1S/C8H10Cl3NO3/c1-5(3-4-6(13)14-2)15-7(12)8(9,10)11/h3-5,12H,1-2H3/b4-3+,12-7?/t5-/m0/s1. The number of nitrogens with one attached hydrogen (secondary N) is 1. The summed E-state index contributed by atoms with van der Waals surface area (Å²) < 4.78 is 7.37. The molecule has 0 heterocycles. The Labute approximate surface area is 103 Å². The lowest BCUT2D eigenvalue weighted by atomic mass is 10.3. The van der Waals surface area contributed by atoms with Gasteiger partial charge in [0.15, 0.2) is 0 Å². The highest BCUT2D eigenvalue weighted by Crippen LogP contribution is 2.28. The van der Waals surface area contributed by atoms with Crippen molar-refractivity contribution in [2.45, 2.75) is 16.8 Å². The van der Waals surface area contributed by atoms with Crippen LogP contribution < -0.4 is 0 Å². The van der Waals surface area contributed by atoms with Crippen molar-refractivity contribution >= 4 is 46.7 Å². The Morgan fingerprint density at radius 3 is 2.40 bits per heavy atom. The van der Waals surface area contributed by atoms with Gasteiger partial charge in [-0.3, -0.25) is 5.41 Å². The van der Waals surface area contributed by atoms with Crippen LogP contribution in [-0.2, 0) is 14.3 Å². The third kappa shape index (κ3) is 6.60. The van der Waals surface area contributed by atoms with Gasteiger partial charge in [0, 0.05) is 6.08 Å². The van der Waals surface area contributed by atoms with E-state index in [1.165, 1.54) is 13.2 Å². The van der Waals surface area contributed by atoms with Crippen molar-refractivity contribution < 1.29 is 14.3 Å². The second kappa shape index (κ2) is 6.20. The molecule has 0 spiro atoms. The Balaban J connectivity index is 4.16. The van der Waals surface area contributed by atoms with E-state index in [9.17, 15) is 4.79 Å². The SMILES string of the molecule is COC(=O)/C=C/[C@H](C)OC(=N)C(Cl)(Cl)Cl. The summed E-state index contributed by atoms with van der Waals surface area (Å²) in [6.45, 7) is 1.59. The molecule has 15 heavy (non-hydrogen) atoms. The fraction of sp³-hybridized carbons (Fsp3) is 0.500. The van der Waals surface area contributed by atoms with Crippen molar-refractivity contribution in [1.82, 2.24) is 0 Å². The number of carbonyl (C=O) groups excluding carboxylic acids is 1. The molecule has 1 atom stereocenters. The van der Waals surface area contributed by atoms with Gasteiger partial charge in [-0.25, -0.2) is 4.79 Å². The Bertz CT molecular complexity index is 273. The zero-order chi connectivity index (χ0) is 12.1. The van der Waals surface area contributed by atoms with Crippen LogP contribution in [0.1, 0.15) is 6.92 Å². The quantitative estimate of drug-likeness (QED) is 0.283. The highest BCUT2D eigenvalue weighted by Gasteiger charge is 2.29. The maximum Gasteiger partial charge on any atom is 0.330 e. The van der Waals surface area contributed by atoms with Gasteiger partial charge in [0.05, 0.1) is 7.11 Å². The molecule has 0 saturated carbocycles. The Morgan fingerprint density at radius 1 is 1.47 bits per heavy atom. The molecule has 0 unspecified atom stereocenters. The summed E-state index contributed by atoms with van der Waals surface area (Å²) in [6.07, 6.45) is 1.99. The second-order valence-electron chi connectivity index (χ2n) is 2.53. The molecule has 86 valence electrons. The zero-order valence-corrected chi connectivity index (χ0v) is 10.4. The van der Waals surface area contributed by atoms with Crippen molar-refractivity contribution in [2.75, 3.05) is 7.11 Å². The number of alkyl halides is 3. The average molecular weight is 275 g/mol. The molecular formula is C8H10Cl3NO3. The molecule has 4 nitrogen and oxygen atoms in total. The van der Waals surface area contributed by atoms with Gasteiger partial charge < -0.3 is 9.47 Å². The van der Waals surface area contributed by atoms with E-state index >= 15 is 0 Å². The monoisotopic (exact) mass is 273 g/mol. The van der Waals surface area contributed by atoms with E-state index in [0.717, 1.165) is 6.08 Å². The molecule has 0 bridgehead atoms. The fourth-order valence-corrected chi connectivity index (χ4v) is 0.708. The molecule has 0 saturated heterocycles. The highest BCUT2D eigenvalue weighted by molar-refractivity contribution is 6.76. The number of hydrogen-bond acceptors (Lipinski definition) is 4. The van der Waals surface area contributed by atoms with Crippen LogP contribution in [0.15, 0.2) is 12.2 Å². The largest absolute Gasteiger partial charge is 0.471 e. The molecule has 0 amide bonds. The summed E-state index contributed by atoms with van der Waals surface area (Å²) in [7, 11) is 1.25. The molecule has 0 aromatic rings. The van der Waals surface area contributed by atoms with Gasteiger partial charge in [0.2, 0.25) is 5.90 Å². The first-order valence-electron chi connectivity index (χ1n) is 3.86. The first-order chi connectivity index (χ1) is 6.77. The molecular weight excluding hydrogens is 264 g/mol. The summed E-state index contributed by atoms with van der Waals surface area (Å²) >= 11 is 16.1. The topological polar surface area (TPSA) is 59.4 Å². The Morgan fingerprint density at radius 2 is 2.00 bits per heavy atom. The maximum absolute atomic E-state index is 10.7. The highest BCUT2D eigenvalue weighted by atomic mass is 35.6. The lowest BCUT2D eigenvalue weighted by Gasteiger charge is -2.16. The molecule has 0 aliphatic rings. The van der Waals surface area contributed by atoms with Gasteiger partial charge in [-0.15, -0.1) is 0 Å². The lowest BCUT2D eigenvalue weighted by molar-refractivity contribution is -0.134. The van der Waals surface area contributed by atoms with Crippen LogP contribution in [-0.4, -0.2) is 28.9 Å². The number of ether oxygens (including phenoxy) is 2. The number of rotatable bonds is 3. The summed E-state index contributed by atoms with van der Waals surface area (Å²) in [4.78, 5) is 10.7. The second-order valence-corrected chi connectivity index (χ2v) is 4.81. The fourth-order valence-electron chi connectivity index (χ4n) is 0.574. The average Bonchev–Trinajstić information content (AvgIpc) is 2.12. The van der Waals surface area contributed by atoms with Crippen molar-refractivity contribution in [2.24, 2.45) is 0 Å². The summed E-state index contributed by atoms with van der Waals surface area (Å²) in [6, 6.07) is 0. The van der Waals surface area contributed by atoms with E-state index in [0.29, 0.717) is 0 Å². The first-order valence-corrected chi connectivity index (χ1v) is 4.99. The van der Waals surface area contributed by atoms with Crippen LogP contribution in [0.25, 0.3) is 0 Å². The number of hydrogen-bond donors (Lipinski definition) is 1. The molecule has 7 heteroatoms. The van der Waals surface area contributed by atoms with Crippen molar-refractivity contribution in [3.05, 3.63) is 12.2 Å². The van der Waals surface area contributed by atoms with Gasteiger partial charge in [-0.05, 0) is 13.0 Å². The normalized spacial score (nSPS) is 13.7.